The maximum atomic E-state index is 13.2. The number of carbonyl (C=O) groups is 1. The van der Waals surface area contributed by atoms with Gasteiger partial charge in [0, 0.05) is 44.2 Å². The molecule has 0 N–H and O–H groups in total. The van der Waals surface area contributed by atoms with Crippen LogP contribution in [0, 0.1) is 0 Å². The molecule has 0 spiro atoms. The fourth-order valence-electron chi connectivity index (χ4n) is 4.98. The van der Waals surface area contributed by atoms with Crippen LogP contribution in [-0.2, 0) is 34.2 Å². The topological polar surface area (TPSA) is 75.5 Å². The molecule has 1 aliphatic heterocycles. The van der Waals surface area contributed by atoms with E-state index in [-0.39, 0.29) is 16.8 Å². The summed E-state index contributed by atoms with van der Waals surface area (Å²) in [5.74, 6) is 0.917. The second-order valence-corrected chi connectivity index (χ2v) is 10.8. The van der Waals surface area contributed by atoms with Crippen molar-refractivity contribution < 1.29 is 13.2 Å². The molecule has 2 heterocycles. The van der Waals surface area contributed by atoms with Gasteiger partial charge in [0.1, 0.15) is 5.82 Å². The maximum absolute atomic E-state index is 13.2. The summed E-state index contributed by atoms with van der Waals surface area (Å²) in [7, 11) is -3.56. The second kappa shape index (κ2) is 9.88. The Balaban J connectivity index is 1.61. The van der Waals surface area contributed by atoms with E-state index in [0.717, 1.165) is 36.4 Å². The van der Waals surface area contributed by atoms with Crippen LogP contribution in [0.3, 0.4) is 0 Å². The largest absolute Gasteiger partial charge is 0.328 e. The number of nitrogens with zero attached hydrogens (tertiary/aromatic N) is 4. The van der Waals surface area contributed by atoms with Gasteiger partial charge in [-0.3, -0.25) is 4.79 Å². The minimum absolute atomic E-state index is 0.0948. The molecule has 182 valence electrons. The molecule has 0 radical (unpaired) electrons. The maximum Gasteiger partial charge on any atom is 0.243 e. The number of imidazole rings is 1. The van der Waals surface area contributed by atoms with E-state index < -0.39 is 10.0 Å². The molecule has 0 aliphatic carbocycles. The fraction of sp³-hybridized carbons (Fsp3) is 0.462. The summed E-state index contributed by atoms with van der Waals surface area (Å²) in [5, 5.41) is 0. The molecule has 2 aromatic carbocycles. The lowest BCUT2D eigenvalue weighted by atomic mass is 10.1. The Morgan fingerprint density at radius 1 is 1.12 bits per heavy atom. The van der Waals surface area contributed by atoms with Crippen molar-refractivity contribution in [3.8, 4) is 0 Å². The molecule has 1 unspecified atom stereocenters. The summed E-state index contributed by atoms with van der Waals surface area (Å²) in [6.07, 6.45) is 2.66. The molecule has 8 heteroatoms. The molecular formula is C26H34N4O3S. The molecule has 0 saturated carbocycles. The van der Waals surface area contributed by atoms with Crippen molar-refractivity contribution in [1.82, 2.24) is 13.9 Å². The number of aromatic nitrogens is 2. The highest BCUT2D eigenvalue weighted by Crippen LogP contribution is 2.32. The van der Waals surface area contributed by atoms with Crippen LogP contribution in [0.4, 0.5) is 5.69 Å². The van der Waals surface area contributed by atoms with E-state index in [1.165, 1.54) is 9.87 Å². The van der Waals surface area contributed by atoms with Gasteiger partial charge in [-0.25, -0.2) is 13.4 Å². The number of anilines is 1. The van der Waals surface area contributed by atoms with E-state index in [9.17, 15) is 13.2 Å². The summed E-state index contributed by atoms with van der Waals surface area (Å²) < 4.78 is 29.6. The molecule has 1 amide bonds. The van der Waals surface area contributed by atoms with Crippen molar-refractivity contribution in [3.63, 3.8) is 0 Å². The lowest BCUT2D eigenvalue weighted by Crippen LogP contribution is -2.36. The Morgan fingerprint density at radius 3 is 2.56 bits per heavy atom. The van der Waals surface area contributed by atoms with Gasteiger partial charge in [-0.1, -0.05) is 39.0 Å². The molecule has 1 atom stereocenters. The van der Waals surface area contributed by atoms with Gasteiger partial charge in [0.25, 0.3) is 0 Å². The zero-order chi connectivity index (χ0) is 24.5. The third-order valence-electron chi connectivity index (χ3n) is 6.63. The summed E-state index contributed by atoms with van der Waals surface area (Å²) in [6, 6.07) is 13.4. The third-order valence-corrected chi connectivity index (χ3v) is 8.67. The summed E-state index contributed by atoms with van der Waals surface area (Å²) >= 11 is 0. The van der Waals surface area contributed by atoms with Crippen LogP contribution in [0.15, 0.2) is 47.4 Å². The van der Waals surface area contributed by atoms with Crippen LogP contribution < -0.4 is 4.90 Å². The van der Waals surface area contributed by atoms with Gasteiger partial charge < -0.3 is 9.47 Å². The molecule has 0 fully saturated rings. The fourth-order valence-corrected chi connectivity index (χ4v) is 6.46. The molecule has 1 aromatic heterocycles. The molecule has 1 aliphatic rings. The Kier molecular flexibility index (Phi) is 7.09. The monoisotopic (exact) mass is 482 g/mol. The normalized spacial score (nSPS) is 15.9. The molecule has 3 aromatic rings. The molecule has 7 nitrogen and oxygen atoms in total. The third kappa shape index (κ3) is 4.36. The highest BCUT2D eigenvalue weighted by molar-refractivity contribution is 7.89. The average molecular weight is 483 g/mol. The predicted octanol–water partition coefficient (Wildman–Crippen LogP) is 4.39. The van der Waals surface area contributed by atoms with Crippen molar-refractivity contribution in [3.05, 3.63) is 53.9 Å². The first kappa shape index (κ1) is 24.4. The number of fused-ring (bicyclic) bond motifs is 2. The minimum Gasteiger partial charge on any atom is -0.328 e. The number of sulfonamides is 1. The van der Waals surface area contributed by atoms with Crippen LogP contribution >= 0.6 is 0 Å². The van der Waals surface area contributed by atoms with Gasteiger partial charge in [0.2, 0.25) is 15.9 Å². The summed E-state index contributed by atoms with van der Waals surface area (Å²) in [6.45, 7) is 9.48. The van der Waals surface area contributed by atoms with Gasteiger partial charge in [0.15, 0.2) is 0 Å². The smallest absolute Gasteiger partial charge is 0.243 e. The van der Waals surface area contributed by atoms with Crippen molar-refractivity contribution in [1.29, 1.82) is 0 Å². The standard InChI is InChI=1S/C26H34N4O3S/c1-5-16-29-24-13-12-21(34(32,33)28(6-2)7-3)18-22(24)27-25(29)14-15-26(31)30-19(4)17-20-10-8-9-11-23(20)30/h8-13,18-19H,5-7,14-17H2,1-4H3. The number of carbonyl (C=O) groups excluding carboxylic acids is 1. The van der Waals surface area contributed by atoms with Crippen LogP contribution in [0.5, 0.6) is 0 Å². The Morgan fingerprint density at radius 2 is 1.85 bits per heavy atom. The summed E-state index contributed by atoms with van der Waals surface area (Å²) in [4.78, 5) is 20.2. The Labute approximate surface area is 202 Å². The van der Waals surface area contributed by atoms with E-state index in [1.807, 2.05) is 43.0 Å². The predicted molar refractivity (Wildman–Crippen MR) is 136 cm³/mol. The number of amides is 1. The van der Waals surface area contributed by atoms with Gasteiger partial charge in [-0.05, 0) is 49.6 Å². The van der Waals surface area contributed by atoms with E-state index >= 15 is 0 Å². The van der Waals surface area contributed by atoms with Crippen molar-refractivity contribution >= 4 is 32.7 Å². The first-order valence-electron chi connectivity index (χ1n) is 12.2. The van der Waals surface area contributed by atoms with E-state index in [0.29, 0.717) is 31.4 Å². The molecule has 34 heavy (non-hydrogen) atoms. The molecule has 0 saturated heterocycles. The quantitative estimate of drug-likeness (QED) is 0.453. The number of hydrogen-bond acceptors (Lipinski definition) is 4. The SMILES string of the molecule is CCCn1c(CCC(=O)N2c3ccccc3CC2C)nc2cc(S(=O)(=O)N(CC)CC)ccc21. The van der Waals surface area contributed by atoms with Crippen molar-refractivity contribution in [2.24, 2.45) is 0 Å². The van der Waals surface area contributed by atoms with E-state index in [1.54, 1.807) is 12.1 Å². The van der Waals surface area contributed by atoms with Crippen LogP contribution in [0.25, 0.3) is 11.0 Å². The molecule has 4 rings (SSSR count). The number of aryl methyl sites for hydroxylation is 2. The lowest BCUT2D eigenvalue weighted by Gasteiger charge is -2.22. The number of rotatable bonds is 9. The van der Waals surface area contributed by atoms with Gasteiger partial charge in [-0.15, -0.1) is 0 Å². The number of hydrogen-bond donors (Lipinski definition) is 0. The molecular weight excluding hydrogens is 448 g/mol. The van der Waals surface area contributed by atoms with E-state index in [2.05, 4.69) is 24.5 Å². The van der Waals surface area contributed by atoms with Crippen LogP contribution in [0.1, 0.15) is 51.9 Å². The average Bonchev–Trinajstić information content (AvgIpc) is 3.34. The summed E-state index contributed by atoms with van der Waals surface area (Å²) in [5.41, 5.74) is 3.78. The van der Waals surface area contributed by atoms with Gasteiger partial charge in [-0.2, -0.15) is 4.31 Å². The zero-order valence-corrected chi connectivity index (χ0v) is 21.3. The second-order valence-electron chi connectivity index (χ2n) is 8.87. The first-order chi connectivity index (χ1) is 16.3. The lowest BCUT2D eigenvalue weighted by molar-refractivity contribution is -0.118. The van der Waals surface area contributed by atoms with Crippen LogP contribution in [0.2, 0.25) is 0 Å². The first-order valence-corrected chi connectivity index (χ1v) is 13.6. The number of para-hydroxylation sites is 1. The minimum atomic E-state index is -3.56. The Bertz CT molecular complexity index is 1290. The van der Waals surface area contributed by atoms with Crippen molar-refractivity contribution in [2.45, 2.75) is 70.9 Å². The highest BCUT2D eigenvalue weighted by atomic mass is 32.2. The van der Waals surface area contributed by atoms with Gasteiger partial charge >= 0.3 is 0 Å². The van der Waals surface area contributed by atoms with Crippen LogP contribution in [-0.4, -0.2) is 47.3 Å². The van der Waals surface area contributed by atoms with Gasteiger partial charge in [0.05, 0.1) is 15.9 Å². The van der Waals surface area contributed by atoms with E-state index in [4.69, 9.17) is 4.98 Å². The molecule has 0 bridgehead atoms. The zero-order valence-electron chi connectivity index (χ0n) is 20.5. The highest BCUT2D eigenvalue weighted by Gasteiger charge is 2.30. The Hall–Kier alpha value is -2.71. The van der Waals surface area contributed by atoms with Crippen molar-refractivity contribution in [2.75, 3.05) is 18.0 Å². The number of benzene rings is 2.